The molecule has 3 heteroatoms. The van der Waals surface area contributed by atoms with E-state index in [0.29, 0.717) is 17.9 Å². The highest BCUT2D eigenvalue weighted by Crippen LogP contribution is 2.58. The van der Waals surface area contributed by atoms with Crippen molar-refractivity contribution in [3.63, 3.8) is 0 Å². The van der Waals surface area contributed by atoms with Crippen molar-refractivity contribution in [2.45, 2.75) is 138 Å². The number of carbonyl (C=O) groups excluding carboxylic acids is 1. The van der Waals surface area contributed by atoms with E-state index in [1.807, 2.05) is 0 Å². The van der Waals surface area contributed by atoms with Crippen molar-refractivity contribution in [1.82, 2.24) is 5.32 Å². The van der Waals surface area contributed by atoms with Crippen LogP contribution in [0.25, 0.3) is 0 Å². The monoisotopic (exact) mass is 511 g/mol. The number of hydrogen-bond donors (Lipinski definition) is 1. The number of carbonyl (C=O) groups is 1. The van der Waals surface area contributed by atoms with Crippen LogP contribution in [0.3, 0.4) is 0 Å². The fraction of sp³-hybridized carbons (Fsp3) is 0.735. The first-order valence-corrected chi connectivity index (χ1v) is 14.8. The van der Waals surface area contributed by atoms with Gasteiger partial charge in [0.25, 0.3) is 0 Å². The van der Waals surface area contributed by atoms with E-state index in [4.69, 9.17) is 4.74 Å². The molecular formula is C34H57NO2. The third-order valence-corrected chi connectivity index (χ3v) is 8.24. The molecule has 0 aromatic rings. The molecule has 2 fully saturated rings. The number of alkyl carbamates (subject to hydrolysis) is 1. The number of fused-ring (bicyclic) bond motifs is 2. The quantitative estimate of drug-likeness (QED) is 0.265. The standard InChI is InChI=1S/C34H57NO2/c1-26(2)13-10-14-27(3)15-11-16-28(4)17-12-18-29(5)19-20-37-31(36)35-34-22-30(6)21-33(9,25-34)23-32(7,8)24-34/h13,15,17,19,30H,10-12,14,16,18,20-25H2,1-9H3,(H,35,36)/b27-15+,28-17+,29-19+. The average molecular weight is 512 g/mol. The van der Waals surface area contributed by atoms with Gasteiger partial charge in [0.1, 0.15) is 6.61 Å². The van der Waals surface area contributed by atoms with E-state index in [0.717, 1.165) is 57.8 Å². The summed E-state index contributed by atoms with van der Waals surface area (Å²) in [6.45, 7) is 20.8. The summed E-state index contributed by atoms with van der Waals surface area (Å²) in [6.07, 6.45) is 21.2. The molecule has 2 saturated carbocycles. The summed E-state index contributed by atoms with van der Waals surface area (Å²) < 4.78 is 5.63. The number of ether oxygens (including phenoxy) is 1. The molecule has 0 heterocycles. The molecule has 0 radical (unpaired) electrons. The van der Waals surface area contributed by atoms with Crippen molar-refractivity contribution in [3.05, 3.63) is 46.6 Å². The van der Waals surface area contributed by atoms with Crippen LogP contribution in [0.4, 0.5) is 4.79 Å². The summed E-state index contributed by atoms with van der Waals surface area (Å²) in [5, 5.41) is 3.34. The van der Waals surface area contributed by atoms with Gasteiger partial charge in [0.05, 0.1) is 0 Å². The number of allylic oxidation sites excluding steroid dienone is 7. The molecule has 210 valence electrons. The van der Waals surface area contributed by atoms with Gasteiger partial charge >= 0.3 is 6.09 Å². The first-order chi connectivity index (χ1) is 17.2. The van der Waals surface area contributed by atoms with Crippen LogP contribution in [-0.2, 0) is 4.74 Å². The highest BCUT2D eigenvalue weighted by molar-refractivity contribution is 5.68. The minimum absolute atomic E-state index is 0.119. The molecule has 0 aromatic carbocycles. The van der Waals surface area contributed by atoms with E-state index in [1.165, 1.54) is 35.1 Å². The summed E-state index contributed by atoms with van der Waals surface area (Å²) in [4.78, 5) is 12.8. The number of rotatable bonds is 12. The molecule has 3 nitrogen and oxygen atoms in total. The summed E-state index contributed by atoms with van der Waals surface area (Å²) in [5.41, 5.74) is 6.08. The van der Waals surface area contributed by atoms with Gasteiger partial charge in [0, 0.05) is 5.54 Å². The summed E-state index contributed by atoms with van der Waals surface area (Å²) in [6, 6.07) is 0. The van der Waals surface area contributed by atoms with Crippen molar-refractivity contribution in [3.8, 4) is 0 Å². The Balaban J connectivity index is 1.72. The van der Waals surface area contributed by atoms with E-state index >= 15 is 0 Å². The Morgan fingerprint density at radius 1 is 0.784 bits per heavy atom. The Labute approximate surface area is 229 Å². The molecule has 0 saturated heterocycles. The number of nitrogens with one attached hydrogen (secondary N) is 1. The summed E-state index contributed by atoms with van der Waals surface area (Å²) >= 11 is 0. The molecule has 2 rings (SSSR count). The first kappa shape index (κ1) is 31.4. The summed E-state index contributed by atoms with van der Waals surface area (Å²) in [7, 11) is 0. The van der Waals surface area contributed by atoms with Crippen molar-refractivity contribution in [2.75, 3.05) is 6.61 Å². The van der Waals surface area contributed by atoms with Crippen LogP contribution >= 0.6 is 0 Å². The number of hydrogen-bond acceptors (Lipinski definition) is 2. The zero-order valence-electron chi connectivity index (χ0n) is 25.7. The highest BCUT2D eigenvalue weighted by Gasteiger charge is 2.53. The maximum atomic E-state index is 12.8. The van der Waals surface area contributed by atoms with Crippen LogP contribution in [0.15, 0.2) is 46.6 Å². The second-order valence-corrected chi connectivity index (χ2v) is 14.1. The van der Waals surface area contributed by atoms with Gasteiger partial charge in [-0.05, 0) is 128 Å². The van der Waals surface area contributed by atoms with Crippen LogP contribution < -0.4 is 5.32 Å². The predicted octanol–water partition coefficient (Wildman–Crippen LogP) is 10.2. The van der Waals surface area contributed by atoms with Gasteiger partial charge in [0.2, 0.25) is 0 Å². The van der Waals surface area contributed by atoms with Gasteiger partial charge in [-0.25, -0.2) is 4.79 Å². The van der Waals surface area contributed by atoms with E-state index in [-0.39, 0.29) is 17.0 Å². The van der Waals surface area contributed by atoms with Crippen LogP contribution in [0, 0.1) is 16.7 Å². The highest BCUT2D eigenvalue weighted by atomic mass is 16.5. The molecule has 0 aromatic heterocycles. The minimum Gasteiger partial charge on any atom is -0.445 e. The molecule has 3 atom stereocenters. The van der Waals surface area contributed by atoms with Crippen molar-refractivity contribution in [2.24, 2.45) is 16.7 Å². The molecule has 3 unspecified atom stereocenters. The molecule has 37 heavy (non-hydrogen) atoms. The lowest BCUT2D eigenvalue weighted by Gasteiger charge is -2.58. The lowest BCUT2D eigenvalue weighted by atomic mass is 9.50. The van der Waals surface area contributed by atoms with Gasteiger partial charge in [-0.2, -0.15) is 0 Å². The van der Waals surface area contributed by atoms with Gasteiger partial charge in [-0.15, -0.1) is 0 Å². The predicted molar refractivity (Wildman–Crippen MR) is 160 cm³/mol. The maximum Gasteiger partial charge on any atom is 0.407 e. The Hall–Kier alpha value is -1.77. The minimum atomic E-state index is -0.252. The lowest BCUT2D eigenvalue weighted by molar-refractivity contribution is -0.0407. The van der Waals surface area contributed by atoms with E-state index in [1.54, 1.807) is 0 Å². The molecule has 0 spiro atoms. The van der Waals surface area contributed by atoms with E-state index in [2.05, 4.69) is 91.9 Å². The average Bonchev–Trinajstić information content (AvgIpc) is 2.70. The second kappa shape index (κ2) is 13.9. The van der Waals surface area contributed by atoms with Crippen LogP contribution in [-0.4, -0.2) is 18.2 Å². The van der Waals surface area contributed by atoms with Crippen LogP contribution in [0.5, 0.6) is 0 Å². The lowest BCUT2D eigenvalue weighted by Crippen LogP contribution is -2.60. The Kier molecular flexibility index (Phi) is 11.8. The van der Waals surface area contributed by atoms with E-state index < -0.39 is 0 Å². The van der Waals surface area contributed by atoms with E-state index in [9.17, 15) is 4.79 Å². The fourth-order valence-electron chi connectivity index (χ4n) is 7.58. The largest absolute Gasteiger partial charge is 0.445 e. The van der Waals surface area contributed by atoms with Crippen molar-refractivity contribution < 1.29 is 9.53 Å². The van der Waals surface area contributed by atoms with Crippen molar-refractivity contribution >= 4 is 6.09 Å². The molecule has 1 N–H and O–H groups in total. The molecule has 1 amide bonds. The topological polar surface area (TPSA) is 38.3 Å². The first-order valence-electron chi connectivity index (χ1n) is 14.8. The Bertz CT molecular complexity index is 881. The molecular weight excluding hydrogens is 454 g/mol. The zero-order chi connectivity index (χ0) is 27.7. The molecule has 2 aliphatic carbocycles. The SMILES string of the molecule is CC(C)=CCC/C(C)=C/CC/C(C)=C/CC/C(C)=C/COC(=O)NC12CC(C)CC(C)(CC(C)(C)C1)C2. The Morgan fingerprint density at radius 3 is 1.89 bits per heavy atom. The second-order valence-electron chi connectivity index (χ2n) is 14.1. The zero-order valence-corrected chi connectivity index (χ0v) is 25.7. The van der Waals surface area contributed by atoms with Gasteiger partial charge in [0.15, 0.2) is 0 Å². The van der Waals surface area contributed by atoms with Gasteiger partial charge in [-0.1, -0.05) is 68.2 Å². The Morgan fingerprint density at radius 2 is 1.32 bits per heavy atom. The normalized spacial score (nSPS) is 28.0. The van der Waals surface area contributed by atoms with Crippen molar-refractivity contribution in [1.29, 1.82) is 0 Å². The fourth-order valence-corrected chi connectivity index (χ4v) is 7.58. The third-order valence-electron chi connectivity index (χ3n) is 8.24. The molecule has 2 bridgehead atoms. The molecule has 0 aliphatic heterocycles. The van der Waals surface area contributed by atoms with Crippen LogP contribution in [0.2, 0.25) is 0 Å². The van der Waals surface area contributed by atoms with Gasteiger partial charge in [-0.3, -0.25) is 0 Å². The smallest absolute Gasteiger partial charge is 0.407 e. The maximum absolute atomic E-state index is 12.8. The number of amides is 1. The third kappa shape index (κ3) is 11.7. The van der Waals surface area contributed by atoms with Crippen LogP contribution in [0.1, 0.15) is 133 Å². The van der Waals surface area contributed by atoms with Gasteiger partial charge < -0.3 is 10.1 Å². The molecule has 2 aliphatic rings. The summed E-state index contributed by atoms with van der Waals surface area (Å²) in [5.74, 6) is 0.640.